The number of carbonyl (C=O) groups excluding carboxylic acids is 2. The van der Waals surface area contributed by atoms with Crippen molar-refractivity contribution in [3.8, 4) is 0 Å². The summed E-state index contributed by atoms with van der Waals surface area (Å²) in [7, 11) is 0. The Labute approximate surface area is 166 Å². The Hall–Kier alpha value is -3.25. The van der Waals surface area contributed by atoms with Gasteiger partial charge in [0.15, 0.2) is 0 Å². The van der Waals surface area contributed by atoms with E-state index in [-0.39, 0.29) is 24.0 Å². The van der Waals surface area contributed by atoms with Gasteiger partial charge in [-0.15, -0.1) is 0 Å². The molecule has 2 N–H and O–H groups in total. The van der Waals surface area contributed by atoms with Crippen LogP contribution in [0.3, 0.4) is 0 Å². The van der Waals surface area contributed by atoms with E-state index < -0.39 is 5.91 Å². The van der Waals surface area contributed by atoms with Crippen molar-refractivity contribution in [1.29, 1.82) is 0 Å². The minimum absolute atomic E-state index is 0.108. The summed E-state index contributed by atoms with van der Waals surface area (Å²) in [6.07, 6.45) is 1.76. The first kappa shape index (κ1) is 19.5. The fraction of sp³-hybridized carbons (Fsp3) is 0.0952. The first-order valence-electron chi connectivity index (χ1n) is 8.57. The van der Waals surface area contributed by atoms with Gasteiger partial charge in [0.05, 0.1) is 0 Å². The Bertz CT molecular complexity index is 993. The van der Waals surface area contributed by atoms with E-state index >= 15 is 0 Å². The van der Waals surface area contributed by atoms with Gasteiger partial charge in [-0.25, -0.2) is 4.39 Å². The summed E-state index contributed by atoms with van der Waals surface area (Å²) in [5.41, 5.74) is 1.50. The Morgan fingerprint density at radius 1 is 1.00 bits per heavy atom. The van der Waals surface area contributed by atoms with Crippen LogP contribution in [-0.2, 0) is 6.42 Å². The predicted molar refractivity (Wildman–Crippen MR) is 106 cm³/mol. The maximum Gasteiger partial charge on any atom is 0.274 e. The highest BCUT2D eigenvalue weighted by atomic mass is 35.5. The zero-order valence-electron chi connectivity index (χ0n) is 14.8. The Balaban J connectivity index is 1.60. The van der Waals surface area contributed by atoms with Crippen LogP contribution in [0.25, 0.3) is 0 Å². The zero-order valence-corrected chi connectivity index (χ0v) is 15.5. The van der Waals surface area contributed by atoms with E-state index in [1.54, 1.807) is 42.5 Å². The Kier molecular flexibility index (Phi) is 6.34. The van der Waals surface area contributed by atoms with Crippen molar-refractivity contribution in [2.75, 3.05) is 11.9 Å². The van der Waals surface area contributed by atoms with Gasteiger partial charge in [-0.05, 0) is 54.4 Å². The molecule has 28 heavy (non-hydrogen) atoms. The molecular weight excluding hydrogens is 381 g/mol. The highest BCUT2D eigenvalue weighted by Gasteiger charge is 2.12. The largest absolute Gasteiger partial charge is 0.352 e. The van der Waals surface area contributed by atoms with Crippen molar-refractivity contribution >= 4 is 29.1 Å². The third-order valence-electron chi connectivity index (χ3n) is 3.99. The van der Waals surface area contributed by atoms with Crippen molar-refractivity contribution < 1.29 is 14.0 Å². The van der Waals surface area contributed by atoms with Crippen LogP contribution in [0.4, 0.5) is 10.1 Å². The lowest BCUT2D eigenvalue weighted by atomic mass is 10.1. The second kappa shape index (κ2) is 9.10. The van der Waals surface area contributed by atoms with Crippen molar-refractivity contribution in [1.82, 2.24) is 10.3 Å². The highest BCUT2D eigenvalue weighted by molar-refractivity contribution is 6.30. The summed E-state index contributed by atoms with van der Waals surface area (Å²) in [5.74, 6) is -1.11. The monoisotopic (exact) mass is 397 g/mol. The molecule has 0 bridgehead atoms. The summed E-state index contributed by atoms with van der Waals surface area (Å²) >= 11 is 5.82. The number of hydrogen-bond acceptors (Lipinski definition) is 3. The van der Waals surface area contributed by atoms with Crippen molar-refractivity contribution in [2.24, 2.45) is 0 Å². The molecule has 0 atom stereocenters. The number of nitrogens with zero attached hydrogens (tertiary/aromatic N) is 1. The SMILES string of the molecule is O=C(NCCc1ccccc1F)c1ccnc(C(=O)Nc2ccc(Cl)cc2)c1. The lowest BCUT2D eigenvalue weighted by molar-refractivity contribution is 0.0954. The van der Waals surface area contributed by atoms with Crippen LogP contribution in [0.5, 0.6) is 0 Å². The summed E-state index contributed by atoms with van der Waals surface area (Å²) in [6, 6.07) is 16.0. The first-order valence-corrected chi connectivity index (χ1v) is 8.95. The molecule has 0 saturated heterocycles. The summed E-state index contributed by atoms with van der Waals surface area (Å²) < 4.78 is 13.6. The number of hydrogen-bond donors (Lipinski definition) is 2. The minimum atomic E-state index is -0.441. The Morgan fingerprint density at radius 2 is 1.75 bits per heavy atom. The molecule has 142 valence electrons. The average Bonchev–Trinajstić information content (AvgIpc) is 2.71. The quantitative estimate of drug-likeness (QED) is 0.657. The van der Waals surface area contributed by atoms with Gasteiger partial charge >= 0.3 is 0 Å². The van der Waals surface area contributed by atoms with E-state index in [0.717, 1.165) is 0 Å². The van der Waals surface area contributed by atoms with E-state index in [0.29, 0.717) is 28.3 Å². The van der Waals surface area contributed by atoms with Crippen molar-refractivity contribution in [3.05, 3.63) is 94.5 Å². The molecule has 3 rings (SSSR count). The second-order valence-electron chi connectivity index (χ2n) is 5.99. The van der Waals surface area contributed by atoms with Gasteiger partial charge in [0.1, 0.15) is 11.5 Å². The zero-order chi connectivity index (χ0) is 19.9. The van der Waals surface area contributed by atoms with Crippen LogP contribution >= 0.6 is 11.6 Å². The molecule has 0 spiro atoms. The molecule has 0 radical (unpaired) electrons. The molecule has 2 amide bonds. The standard InChI is InChI=1S/C21H17ClFN3O2/c22-16-5-7-17(8-6-16)26-21(28)19-13-15(10-11-24-19)20(27)25-12-9-14-3-1-2-4-18(14)23/h1-8,10-11,13H,9,12H2,(H,25,27)(H,26,28). The van der Waals surface area contributed by atoms with Crippen molar-refractivity contribution in [2.45, 2.75) is 6.42 Å². The van der Waals surface area contributed by atoms with Crippen LogP contribution in [0.15, 0.2) is 66.9 Å². The lowest BCUT2D eigenvalue weighted by Crippen LogP contribution is -2.26. The van der Waals surface area contributed by atoms with Gasteiger partial charge in [-0.2, -0.15) is 0 Å². The second-order valence-corrected chi connectivity index (χ2v) is 6.42. The molecule has 0 aliphatic rings. The van der Waals surface area contributed by atoms with E-state index in [1.807, 2.05) is 0 Å². The predicted octanol–water partition coefficient (Wildman–Crippen LogP) is 4.10. The van der Waals surface area contributed by atoms with E-state index in [2.05, 4.69) is 15.6 Å². The summed E-state index contributed by atoms with van der Waals surface area (Å²) in [4.78, 5) is 28.6. The Morgan fingerprint density at radius 3 is 2.50 bits per heavy atom. The normalized spacial score (nSPS) is 10.4. The molecular formula is C21H17ClFN3O2. The van der Waals surface area contributed by atoms with E-state index in [9.17, 15) is 14.0 Å². The van der Waals surface area contributed by atoms with Crippen LogP contribution in [0.2, 0.25) is 5.02 Å². The van der Waals surface area contributed by atoms with E-state index in [1.165, 1.54) is 24.4 Å². The molecule has 0 unspecified atom stereocenters. The maximum absolute atomic E-state index is 13.6. The molecule has 1 heterocycles. The summed E-state index contributed by atoms with van der Waals surface area (Å²) in [5, 5.41) is 5.97. The first-order chi connectivity index (χ1) is 13.5. The van der Waals surface area contributed by atoms with Crippen LogP contribution in [-0.4, -0.2) is 23.3 Å². The van der Waals surface area contributed by atoms with Gasteiger partial charge in [0.2, 0.25) is 0 Å². The molecule has 0 fully saturated rings. The van der Waals surface area contributed by atoms with Crippen molar-refractivity contribution in [3.63, 3.8) is 0 Å². The third-order valence-corrected chi connectivity index (χ3v) is 4.25. The number of halogens is 2. The number of carbonyl (C=O) groups is 2. The fourth-order valence-electron chi connectivity index (χ4n) is 2.54. The molecule has 3 aromatic rings. The smallest absolute Gasteiger partial charge is 0.274 e. The number of pyridine rings is 1. The molecule has 7 heteroatoms. The van der Waals surface area contributed by atoms with Crippen LogP contribution < -0.4 is 10.6 Å². The average molecular weight is 398 g/mol. The molecule has 5 nitrogen and oxygen atoms in total. The van der Waals surface area contributed by atoms with Crippen LogP contribution in [0, 0.1) is 5.82 Å². The highest BCUT2D eigenvalue weighted by Crippen LogP contribution is 2.14. The summed E-state index contributed by atoms with van der Waals surface area (Å²) in [6.45, 7) is 0.272. The molecule has 0 aliphatic carbocycles. The fourth-order valence-corrected chi connectivity index (χ4v) is 2.66. The molecule has 0 aliphatic heterocycles. The van der Waals surface area contributed by atoms with Gasteiger partial charge < -0.3 is 10.6 Å². The van der Waals surface area contributed by atoms with Gasteiger partial charge in [0.25, 0.3) is 11.8 Å². The number of amides is 2. The number of benzene rings is 2. The maximum atomic E-state index is 13.6. The van der Waals surface area contributed by atoms with Gasteiger partial charge in [0, 0.05) is 29.0 Å². The number of rotatable bonds is 6. The van der Waals surface area contributed by atoms with Gasteiger partial charge in [-0.1, -0.05) is 29.8 Å². The van der Waals surface area contributed by atoms with E-state index in [4.69, 9.17) is 11.6 Å². The minimum Gasteiger partial charge on any atom is -0.352 e. The third kappa shape index (κ3) is 5.14. The lowest BCUT2D eigenvalue weighted by Gasteiger charge is -2.08. The number of aromatic nitrogens is 1. The molecule has 1 aromatic heterocycles. The topological polar surface area (TPSA) is 71.1 Å². The number of anilines is 1. The molecule has 2 aromatic carbocycles. The van der Waals surface area contributed by atoms with Crippen LogP contribution in [0.1, 0.15) is 26.4 Å². The van der Waals surface area contributed by atoms with Gasteiger partial charge in [-0.3, -0.25) is 14.6 Å². The molecule has 0 saturated carbocycles. The number of nitrogens with one attached hydrogen (secondary N) is 2.